The van der Waals surface area contributed by atoms with Gasteiger partial charge in [0.25, 0.3) is 11.8 Å². The number of hydrogen-bond donors (Lipinski definition) is 0. The van der Waals surface area contributed by atoms with E-state index in [1.807, 2.05) is 6.92 Å². The van der Waals surface area contributed by atoms with Gasteiger partial charge in [-0.2, -0.15) is 13.2 Å². The Morgan fingerprint density at radius 2 is 1.86 bits per heavy atom. The quantitative estimate of drug-likeness (QED) is 0.212. The van der Waals surface area contributed by atoms with Crippen LogP contribution in [0, 0.1) is 6.92 Å². The highest BCUT2D eigenvalue weighted by Crippen LogP contribution is 2.46. The van der Waals surface area contributed by atoms with Gasteiger partial charge in [0.1, 0.15) is 11.8 Å². The van der Waals surface area contributed by atoms with E-state index < -0.39 is 24.1 Å². The largest absolute Gasteiger partial charge is 0.474 e. The van der Waals surface area contributed by atoms with E-state index in [4.69, 9.17) is 13.9 Å². The van der Waals surface area contributed by atoms with Crippen LogP contribution in [0.2, 0.25) is 0 Å². The number of nitrogens with zero attached hydrogens (tertiary/aromatic N) is 3. The summed E-state index contributed by atoms with van der Waals surface area (Å²) in [7, 11) is 0. The summed E-state index contributed by atoms with van der Waals surface area (Å²) in [4.78, 5) is 4.44. The Morgan fingerprint density at radius 3 is 2.50 bits per heavy atom. The average Bonchev–Trinajstić information content (AvgIpc) is 3.31. The maximum atomic E-state index is 14.6. The maximum absolute atomic E-state index is 14.6. The Bertz CT molecular complexity index is 1180. The normalized spacial score (nSPS) is 14.2. The minimum absolute atomic E-state index is 0.0116. The number of aromatic nitrogens is 3. The summed E-state index contributed by atoms with van der Waals surface area (Å²) < 4.78 is 61.2. The molecule has 3 rings (SSSR count). The van der Waals surface area contributed by atoms with Gasteiger partial charge >= 0.3 is 6.18 Å². The van der Waals surface area contributed by atoms with Crippen LogP contribution in [0.15, 0.2) is 70.6 Å². The number of ether oxygens (including phenoxy) is 2. The molecule has 0 saturated heterocycles. The number of allylic oxidation sites excluding steroid dienone is 1. The summed E-state index contributed by atoms with van der Waals surface area (Å²) in [5, 5.41) is 7.66. The predicted molar refractivity (Wildman–Crippen MR) is 133 cm³/mol. The van der Waals surface area contributed by atoms with Crippen molar-refractivity contribution in [2.75, 3.05) is 0 Å². The number of alkyl halides is 3. The van der Waals surface area contributed by atoms with Gasteiger partial charge in [-0.25, -0.2) is 4.98 Å². The second-order valence-corrected chi connectivity index (χ2v) is 9.09. The third-order valence-corrected chi connectivity index (χ3v) is 6.00. The van der Waals surface area contributed by atoms with Gasteiger partial charge in [0.2, 0.25) is 11.5 Å². The first-order valence-corrected chi connectivity index (χ1v) is 12.0. The molecule has 2 atom stereocenters. The van der Waals surface area contributed by atoms with Crippen molar-refractivity contribution in [3.63, 3.8) is 0 Å². The van der Waals surface area contributed by atoms with E-state index in [2.05, 4.69) is 44.3 Å². The van der Waals surface area contributed by atoms with Gasteiger partial charge < -0.3 is 13.9 Å². The number of rotatable bonds is 12. The van der Waals surface area contributed by atoms with Crippen molar-refractivity contribution in [2.24, 2.45) is 0 Å². The van der Waals surface area contributed by atoms with Gasteiger partial charge in [0.15, 0.2) is 0 Å². The maximum Gasteiger partial charge on any atom is 0.426 e. The van der Waals surface area contributed by atoms with Crippen molar-refractivity contribution >= 4 is 15.9 Å². The fourth-order valence-corrected chi connectivity index (χ4v) is 4.06. The third kappa shape index (κ3) is 6.22. The van der Waals surface area contributed by atoms with Gasteiger partial charge in [-0.3, -0.25) is 0 Å². The zero-order valence-corrected chi connectivity index (χ0v) is 21.6. The van der Waals surface area contributed by atoms with E-state index in [0.29, 0.717) is 22.3 Å². The van der Waals surface area contributed by atoms with Crippen molar-refractivity contribution in [3.8, 4) is 17.5 Å². The molecule has 3 aromatic rings. The summed E-state index contributed by atoms with van der Waals surface area (Å²) in [6, 6.07) is 10.3. The lowest BCUT2D eigenvalue weighted by molar-refractivity contribution is -0.299. The summed E-state index contributed by atoms with van der Waals surface area (Å²) in [5.74, 6) is -0.607. The van der Waals surface area contributed by atoms with Crippen LogP contribution in [0.5, 0.6) is 5.88 Å². The molecule has 0 unspecified atom stereocenters. The molecule has 0 spiro atoms. The lowest BCUT2D eigenvalue weighted by Crippen LogP contribution is -2.45. The van der Waals surface area contributed by atoms with E-state index in [1.54, 1.807) is 49.4 Å². The molecule has 6 nitrogen and oxygen atoms in total. The van der Waals surface area contributed by atoms with Crippen molar-refractivity contribution < 1.29 is 27.1 Å². The summed E-state index contributed by atoms with van der Waals surface area (Å²) in [5.41, 5.74) is -1.38. The monoisotopic (exact) mass is 565 g/mol. The number of aryl methyl sites for hydroxylation is 1. The van der Waals surface area contributed by atoms with Crippen LogP contribution < -0.4 is 4.74 Å². The van der Waals surface area contributed by atoms with Crippen LogP contribution in [0.1, 0.15) is 43.2 Å². The Kier molecular flexibility index (Phi) is 9.08. The first-order chi connectivity index (χ1) is 17.1. The summed E-state index contributed by atoms with van der Waals surface area (Å²) in [6.07, 6.45) is -1.82. The van der Waals surface area contributed by atoms with Crippen molar-refractivity contribution in [3.05, 3.63) is 83.2 Å². The number of hydrogen-bond acceptors (Lipinski definition) is 6. The molecule has 0 aliphatic carbocycles. The van der Waals surface area contributed by atoms with E-state index in [9.17, 15) is 13.2 Å². The minimum atomic E-state index is -4.85. The summed E-state index contributed by atoms with van der Waals surface area (Å²) in [6.45, 7) is 10.6. The van der Waals surface area contributed by atoms with Gasteiger partial charge in [0, 0.05) is 16.5 Å². The molecule has 36 heavy (non-hydrogen) atoms. The smallest absolute Gasteiger partial charge is 0.426 e. The second-order valence-electron chi connectivity index (χ2n) is 8.23. The highest BCUT2D eigenvalue weighted by molar-refractivity contribution is 9.10. The van der Waals surface area contributed by atoms with E-state index in [-0.39, 0.29) is 30.7 Å². The number of benzene rings is 1. The molecule has 0 fully saturated rings. The molecule has 1 aromatic carbocycles. The highest BCUT2D eigenvalue weighted by Gasteiger charge is 2.61. The molecule has 0 amide bonds. The first-order valence-electron chi connectivity index (χ1n) is 11.3. The van der Waals surface area contributed by atoms with Crippen molar-refractivity contribution in [1.29, 1.82) is 0 Å². The highest BCUT2D eigenvalue weighted by atomic mass is 79.9. The molecule has 0 radical (unpaired) electrons. The van der Waals surface area contributed by atoms with Gasteiger partial charge in [-0.05, 0) is 54.2 Å². The Labute approximate surface area is 216 Å². The molecule has 0 aliphatic rings. The molecule has 0 aliphatic heterocycles. The molecule has 0 saturated carbocycles. The zero-order valence-electron chi connectivity index (χ0n) is 20.0. The Morgan fingerprint density at radius 1 is 1.14 bits per heavy atom. The number of halogens is 4. The molecule has 0 N–H and O–H groups in total. The molecule has 10 heteroatoms. The standard InChI is InChI=1S/C26H27BrF3N3O3/c1-5-7-14-25(26(28,29)30,34-16-19-12-9-8-10-13-19)24-33-32-23(36-24)21-20(27)15-17(3)22(31-21)35-18(4)11-6-2/h5-6,8-10,12-13,15,18H,1-2,7,11,14,16H2,3-4H3/t18-,25-/m1/s1. The first kappa shape index (κ1) is 27.6. The lowest BCUT2D eigenvalue weighted by Gasteiger charge is -2.32. The molecular weight excluding hydrogens is 539 g/mol. The Balaban J connectivity index is 2.03. The van der Waals surface area contributed by atoms with Gasteiger partial charge in [-0.1, -0.05) is 42.5 Å². The second kappa shape index (κ2) is 11.8. The summed E-state index contributed by atoms with van der Waals surface area (Å²) >= 11 is 3.39. The van der Waals surface area contributed by atoms with Gasteiger partial charge in [0.05, 0.1) is 6.61 Å². The van der Waals surface area contributed by atoms with Crippen LogP contribution in [-0.2, 0) is 16.9 Å². The molecule has 2 aromatic heterocycles. The zero-order chi connectivity index (χ0) is 26.3. The predicted octanol–water partition coefficient (Wildman–Crippen LogP) is 7.49. The lowest BCUT2D eigenvalue weighted by atomic mass is 9.96. The number of pyridine rings is 1. The van der Waals surface area contributed by atoms with E-state index >= 15 is 0 Å². The minimum Gasteiger partial charge on any atom is -0.474 e. The van der Waals surface area contributed by atoms with E-state index in [0.717, 1.165) is 5.56 Å². The van der Waals surface area contributed by atoms with E-state index in [1.165, 1.54) is 6.08 Å². The van der Waals surface area contributed by atoms with Crippen LogP contribution in [0.4, 0.5) is 13.2 Å². The molecule has 2 heterocycles. The van der Waals surface area contributed by atoms with Crippen molar-refractivity contribution in [2.45, 2.75) is 57.6 Å². The third-order valence-electron chi connectivity index (χ3n) is 5.39. The topological polar surface area (TPSA) is 70.3 Å². The SMILES string of the molecule is C=CCC[C@@](OCc1ccccc1)(c1nnc(-c2nc(O[C@H](C)CC=C)c(C)cc2Br)o1)C(F)(F)F. The van der Waals surface area contributed by atoms with Crippen LogP contribution in [-0.4, -0.2) is 27.5 Å². The Hall–Kier alpha value is -2.98. The van der Waals surface area contributed by atoms with Crippen molar-refractivity contribution in [1.82, 2.24) is 15.2 Å². The molecular formula is C26H27BrF3N3O3. The average molecular weight is 566 g/mol. The molecule has 0 bridgehead atoms. The fraction of sp³-hybridized carbons (Fsp3) is 0.346. The molecule has 192 valence electrons. The van der Waals surface area contributed by atoms with Crippen LogP contribution in [0.3, 0.4) is 0 Å². The fourth-order valence-electron chi connectivity index (χ4n) is 3.46. The van der Waals surface area contributed by atoms with Crippen LogP contribution in [0.25, 0.3) is 11.6 Å². The van der Waals surface area contributed by atoms with Crippen LogP contribution >= 0.6 is 15.9 Å². The van der Waals surface area contributed by atoms with Gasteiger partial charge in [-0.15, -0.1) is 23.4 Å².